The van der Waals surface area contributed by atoms with Crippen molar-refractivity contribution in [1.82, 2.24) is 9.80 Å². The van der Waals surface area contributed by atoms with Crippen molar-refractivity contribution in [3.63, 3.8) is 0 Å². The Morgan fingerprint density at radius 1 is 0.805 bits per heavy atom. The van der Waals surface area contributed by atoms with Gasteiger partial charge in [-0.2, -0.15) is 0 Å². The first-order chi connectivity index (χ1) is 20.0. The van der Waals surface area contributed by atoms with Crippen molar-refractivity contribution in [2.24, 2.45) is 0 Å². The molecule has 0 unspecified atom stereocenters. The number of nitrogens with zero attached hydrogens (tertiary/aromatic N) is 2. The van der Waals surface area contributed by atoms with Crippen molar-refractivity contribution in [3.8, 4) is 11.5 Å². The third-order valence-electron chi connectivity index (χ3n) is 7.06. The highest BCUT2D eigenvalue weighted by atomic mass is 16.5. The molecule has 8 heteroatoms. The summed E-state index contributed by atoms with van der Waals surface area (Å²) < 4.78 is 21.6. The average Bonchev–Trinajstić information content (AvgIpc) is 3.52. The van der Waals surface area contributed by atoms with E-state index in [0.717, 1.165) is 18.4 Å². The van der Waals surface area contributed by atoms with Gasteiger partial charge in [0, 0.05) is 32.4 Å². The zero-order chi connectivity index (χ0) is 29.5. The van der Waals surface area contributed by atoms with Gasteiger partial charge >= 0.3 is 0 Å². The number of aryl methyl sites for hydroxylation is 1. The van der Waals surface area contributed by atoms with Gasteiger partial charge in [-0.3, -0.25) is 9.59 Å². The maximum atomic E-state index is 13.7. The molecule has 2 amide bonds. The van der Waals surface area contributed by atoms with E-state index < -0.39 is 0 Å². The van der Waals surface area contributed by atoms with E-state index in [0.29, 0.717) is 61.9 Å². The Hall–Kier alpha value is -3.78. The van der Waals surface area contributed by atoms with Crippen LogP contribution in [0.5, 0.6) is 11.5 Å². The SMILES string of the molecule is CCCCCc1ccc(C(=O)N(CCCOC)CC(=O)N(CCc2ccc(OC)c(OC)c2)Cc2ccco2)cc1. The fraction of sp³-hybridized carbons (Fsp3) is 0.455. The van der Waals surface area contributed by atoms with Gasteiger partial charge in [0.1, 0.15) is 12.3 Å². The molecular formula is C33H44N2O6. The van der Waals surface area contributed by atoms with Gasteiger partial charge in [-0.05, 0) is 73.2 Å². The van der Waals surface area contributed by atoms with Crippen LogP contribution in [-0.4, -0.2) is 69.2 Å². The summed E-state index contributed by atoms with van der Waals surface area (Å²) in [5, 5.41) is 0. The molecule has 3 aromatic rings. The lowest BCUT2D eigenvalue weighted by Crippen LogP contribution is -2.44. The van der Waals surface area contributed by atoms with Crippen LogP contribution in [0.3, 0.4) is 0 Å². The molecule has 0 aliphatic heterocycles. The molecular weight excluding hydrogens is 520 g/mol. The van der Waals surface area contributed by atoms with Crippen LogP contribution in [0.1, 0.15) is 59.9 Å². The zero-order valence-electron chi connectivity index (χ0n) is 24.9. The third kappa shape index (κ3) is 9.97. The zero-order valence-corrected chi connectivity index (χ0v) is 24.9. The van der Waals surface area contributed by atoms with E-state index in [1.54, 1.807) is 43.5 Å². The summed E-state index contributed by atoms with van der Waals surface area (Å²) >= 11 is 0. The first-order valence-corrected chi connectivity index (χ1v) is 14.4. The molecule has 0 aliphatic rings. The van der Waals surface area contributed by atoms with Crippen molar-refractivity contribution in [1.29, 1.82) is 0 Å². The van der Waals surface area contributed by atoms with Crippen molar-refractivity contribution in [2.45, 2.75) is 52.0 Å². The highest BCUT2D eigenvalue weighted by Crippen LogP contribution is 2.28. The Morgan fingerprint density at radius 3 is 2.22 bits per heavy atom. The second-order valence-electron chi connectivity index (χ2n) is 10.1. The average molecular weight is 565 g/mol. The Morgan fingerprint density at radius 2 is 1.56 bits per heavy atom. The maximum Gasteiger partial charge on any atom is 0.254 e. The second kappa shape index (κ2) is 17.1. The molecule has 0 saturated heterocycles. The van der Waals surface area contributed by atoms with Crippen LogP contribution < -0.4 is 9.47 Å². The van der Waals surface area contributed by atoms with Gasteiger partial charge in [0.05, 0.1) is 27.0 Å². The summed E-state index contributed by atoms with van der Waals surface area (Å²) in [5.41, 5.74) is 2.81. The molecule has 222 valence electrons. The smallest absolute Gasteiger partial charge is 0.254 e. The van der Waals surface area contributed by atoms with E-state index in [4.69, 9.17) is 18.6 Å². The van der Waals surface area contributed by atoms with Gasteiger partial charge in [0.2, 0.25) is 5.91 Å². The van der Waals surface area contributed by atoms with Gasteiger partial charge in [-0.25, -0.2) is 0 Å². The first kappa shape index (κ1) is 31.7. The lowest BCUT2D eigenvalue weighted by Gasteiger charge is -2.27. The number of rotatable bonds is 18. The van der Waals surface area contributed by atoms with Gasteiger partial charge < -0.3 is 28.4 Å². The standard InChI is InChI=1S/C33H44N2O6/c1-5-6-7-10-26-12-15-28(16-13-26)33(37)35(19-9-21-38-2)25-32(36)34(24-29-11-8-22-41-29)20-18-27-14-17-30(39-3)31(23-27)40-4/h8,11-17,22-23H,5-7,9-10,18-21,24-25H2,1-4H3. The topological polar surface area (TPSA) is 81.5 Å². The van der Waals surface area contributed by atoms with Gasteiger partial charge in [0.15, 0.2) is 11.5 Å². The molecule has 1 aromatic heterocycles. The summed E-state index contributed by atoms with van der Waals surface area (Å²) in [6, 6.07) is 17.2. The molecule has 2 aromatic carbocycles. The number of benzene rings is 2. The number of carbonyl (C=O) groups is 2. The molecule has 1 heterocycles. The van der Waals surface area contributed by atoms with Gasteiger partial charge in [0.25, 0.3) is 5.91 Å². The number of furan rings is 1. The van der Waals surface area contributed by atoms with Crippen LogP contribution in [-0.2, 0) is 28.9 Å². The largest absolute Gasteiger partial charge is 0.493 e. The predicted molar refractivity (Wildman–Crippen MR) is 159 cm³/mol. The van der Waals surface area contributed by atoms with E-state index in [1.807, 2.05) is 48.5 Å². The monoisotopic (exact) mass is 564 g/mol. The Balaban J connectivity index is 1.74. The highest BCUT2D eigenvalue weighted by Gasteiger charge is 2.23. The van der Waals surface area contributed by atoms with Crippen LogP contribution in [0.15, 0.2) is 65.3 Å². The number of amides is 2. The van der Waals surface area contributed by atoms with Crippen molar-refractivity contribution in [2.75, 3.05) is 47.6 Å². The quantitative estimate of drug-likeness (QED) is 0.182. The number of hydrogen-bond donors (Lipinski definition) is 0. The fourth-order valence-electron chi connectivity index (χ4n) is 4.67. The number of ether oxygens (including phenoxy) is 3. The predicted octanol–water partition coefficient (Wildman–Crippen LogP) is 5.78. The number of methoxy groups -OCH3 is 3. The molecule has 41 heavy (non-hydrogen) atoms. The van der Waals surface area contributed by atoms with Crippen LogP contribution in [0.2, 0.25) is 0 Å². The van der Waals surface area contributed by atoms with E-state index >= 15 is 0 Å². The molecule has 0 atom stereocenters. The minimum absolute atomic E-state index is 0.0343. The molecule has 0 spiro atoms. The van der Waals surface area contributed by atoms with Gasteiger partial charge in [-0.15, -0.1) is 0 Å². The molecule has 0 radical (unpaired) electrons. The number of unbranched alkanes of at least 4 members (excludes halogenated alkanes) is 2. The Kier molecular flexibility index (Phi) is 13.3. The lowest BCUT2D eigenvalue weighted by atomic mass is 10.0. The van der Waals surface area contributed by atoms with Crippen molar-refractivity contribution >= 4 is 11.8 Å². The van der Waals surface area contributed by atoms with E-state index in [2.05, 4.69) is 6.92 Å². The molecule has 3 rings (SSSR count). The fourth-order valence-corrected chi connectivity index (χ4v) is 4.67. The Bertz CT molecular complexity index is 1190. The molecule has 0 N–H and O–H groups in total. The summed E-state index contributed by atoms with van der Waals surface area (Å²) in [6.45, 7) is 3.83. The van der Waals surface area contributed by atoms with Crippen LogP contribution in [0, 0.1) is 0 Å². The third-order valence-corrected chi connectivity index (χ3v) is 7.06. The highest BCUT2D eigenvalue weighted by molar-refractivity contribution is 5.96. The van der Waals surface area contributed by atoms with Gasteiger partial charge in [-0.1, -0.05) is 38.0 Å². The van der Waals surface area contributed by atoms with Crippen LogP contribution in [0.25, 0.3) is 0 Å². The number of hydrogen-bond acceptors (Lipinski definition) is 6. The van der Waals surface area contributed by atoms with E-state index in [-0.39, 0.29) is 18.4 Å². The molecule has 0 fully saturated rings. The van der Waals surface area contributed by atoms with Crippen LogP contribution in [0.4, 0.5) is 0 Å². The summed E-state index contributed by atoms with van der Waals surface area (Å²) in [4.78, 5) is 30.6. The molecule has 0 aliphatic carbocycles. The van der Waals surface area contributed by atoms with E-state index in [9.17, 15) is 9.59 Å². The summed E-state index contributed by atoms with van der Waals surface area (Å²) in [5.74, 6) is 1.66. The number of carbonyl (C=O) groups excluding carboxylic acids is 2. The molecule has 0 bridgehead atoms. The molecule has 0 saturated carbocycles. The normalized spacial score (nSPS) is 10.8. The molecule has 8 nitrogen and oxygen atoms in total. The van der Waals surface area contributed by atoms with E-state index in [1.165, 1.54) is 18.4 Å². The summed E-state index contributed by atoms with van der Waals surface area (Å²) in [6.07, 6.45) is 7.33. The maximum absolute atomic E-state index is 13.7. The minimum atomic E-state index is -0.160. The Labute approximate surface area is 244 Å². The van der Waals surface area contributed by atoms with Crippen molar-refractivity contribution in [3.05, 3.63) is 83.3 Å². The van der Waals surface area contributed by atoms with Crippen molar-refractivity contribution < 1.29 is 28.2 Å². The summed E-state index contributed by atoms with van der Waals surface area (Å²) in [7, 11) is 4.83. The first-order valence-electron chi connectivity index (χ1n) is 14.4. The lowest BCUT2D eigenvalue weighted by molar-refractivity contribution is -0.132. The van der Waals surface area contributed by atoms with Crippen LogP contribution >= 0.6 is 0 Å². The minimum Gasteiger partial charge on any atom is -0.493 e. The second-order valence-corrected chi connectivity index (χ2v) is 10.1.